The van der Waals surface area contributed by atoms with Crippen molar-refractivity contribution in [2.75, 3.05) is 10.2 Å². The number of rotatable bonds is 5. The predicted octanol–water partition coefficient (Wildman–Crippen LogP) is 5.76. The number of hydrogen-bond acceptors (Lipinski definition) is 5. The fourth-order valence-electron chi connectivity index (χ4n) is 3.94. The zero-order valence-electron chi connectivity index (χ0n) is 19.1. The standard InChI is InChI=1S/C27H22FN3O3S/c1-16(25(32)29-21-11-9-20(28)10-12-21)31-23-14-19(8-13-24(23)34-17(2)27(31)33)22-15-35-26(30-22)18-6-4-3-5-7-18/h3-17H,1-2H3,(H,29,32). The summed E-state index contributed by atoms with van der Waals surface area (Å²) >= 11 is 1.54. The zero-order chi connectivity index (χ0) is 24.5. The normalized spacial score (nSPS) is 15.8. The van der Waals surface area contributed by atoms with E-state index in [0.717, 1.165) is 21.8 Å². The van der Waals surface area contributed by atoms with E-state index in [1.807, 2.05) is 47.8 Å². The first-order chi connectivity index (χ1) is 16.9. The molecule has 2 unspecified atom stereocenters. The Bertz CT molecular complexity index is 1390. The van der Waals surface area contributed by atoms with E-state index in [0.29, 0.717) is 17.1 Å². The minimum absolute atomic E-state index is 0.320. The Labute approximate surface area is 206 Å². The molecule has 5 rings (SSSR count). The minimum atomic E-state index is -0.830. The number of amides is 2. The molecule has 0 bridgehead atoms. The van der Waals surface area contributed by atoms with Gasteiger partial charge in [0.05, 0.1) is 11.4 Å². The molecule has 176 valence electrons. The molecule has 8 heteroatoms. The molecule has 0 fully saturated rings. The second-order valence-electron chi connectivity index (χ2n) is 8.23. The summed E-state index contributed by atoms with van der Waals surface area (Å²) in [5.74, 6) is -0.594. The Hall–Kier alpha value is -4.04. The Morgan fingerprint density at radius 2 is 1.83 bits per heavy atom. The first-order valence-electron chi connectivity index (χ1n) is 11.1. The smallest absolute Gasteiger partial charge is 0.268 e. The lowest BCUT2D eigenvalue weighted by Crippen LogP contribution is -2.52. The third-order valence-electron chi connectivity index (χ3n) is 5.81. The number of anilines is 2. The molecule has 4 aromatic rings. The molecule has 3 aromatic carbocycles. The van der Waals surface area contributed by atoms with E-state index < -0.39 is 23.9 Å². The highest BCUT2D eigenvalue weighted by molar-refractivity contribution is 7.13. The average Bonchev–Trinajstić information content (AvgIpc) is 3.37. The van der Waals surface area contributed by atoms with E-state index in [2.05, 4.69) is 5.32 Å². The van der Waals surface area contributed by atoms with Crippen LogP contribution in [-0.4, -0.2) is 28.9 Å². The highest BCUT2D eigenvalue weighted by atomic mass is 32.1. The van der Waals surface area contributed by atoms with E-state index in [9.17, 15) is 14.0 Å². The number of halogens is 1. The van der Waals surface area contributed by atoms with Crippen molar-refractivity contribution in [2.24, 2.45) is 0 Å². The molecule has 0 saturated carbocycles. The molecule has 1 aromatic heterocycles. The van der Waals surface area contributed by atoms with Gasteiger partial charge in [0.2, 0.25) is 5.91 Å². The maximum absolute atomic E-state index is 13.2. The number of aromatic nitrogens is 1. The monoisotopic (exact) mass is 487 g/mol. The van der Waals surface area contributed by atoms with Crippen LogP contribution in [0.1, 0.15) is 13.8 Å². The van der Waals surface area contributed by atoms with Gasteiger partial charge in [0, 0.05) is 22.2 Å². The number of nitrogens with one attached hydrogen (secondary N) is 1. The number of hydrogen-bond donors (Lipinski definition) is 1. The Morgan fingerprint density at radius 3 is 2.57 bits per heavy atom. The third kappa shape index (κ3) is 4.52. The van der Waals surface area contributed by atoms with Crippen molar-refractivity contribution < 1.29 is 18.7 Å². The van der Waals surface area contributed by atoms with Gasteiger partial charge in [-0.05, 0) is 56.3 Å². The Kier molecular flexibility index (Phi) is 6.05. The number of carbonyl (C=O) groups is 2. The molecule has 0 aliphatic carbocycles. The van der Waals surface area contributed by atoms with Gasteiger partial charge >= 0.3 is 0 Å². The van der Waals surface area contributed by atoms with Crippen LogP contribution in [0.25, 0.3) is 21.8 Å². The molecule has 35 heavy (non-hydrogen) atoms. The number of thiazole rings is 1. The SMILES string of the molecule is CC1Oc2ccc(-c3csc(-c4ccccc4)n3)cc2N(C(C)C(=O)Nc2ccc(F)cc2)C1=O. The van der Waals surface area contributed by atoms with E-state index in [-0.39, 0.29) is 5.91 Å². The van der Waals surface area contributed by atoms with E-state index in [1.54, 1.807) is 19.9 Å². The van der Waals surface area contributed by atoms with Gasteiger partial charge in [-0.2, -0.15) is 0 Å². The number of benzene rings is 3. The molecule has 2 atom stereocenters. The van der Waals surface area contributed by atoms with Crippen LogP contribution in [0.2, 0.25) is 0 Å². The average molecular weight is 488 g/mol. The zero-order valence-corrected chi connectivity index (χ0v) is 19.9. The van der Waals surface area contributed by atoms with E-state index in [4.69, 9.17) is 9.72 Å². The molecule has 0 saturated heterocycles. The predicted molar refractivity (Wildman–Crippen MR) is 135 cm³/mol. The molecule has 2 amide bonds. The number of nitrogens with zero attached hydrogens (tertiary/aromatic N) is 2. The van der Waals surface area contributed by atoms with Gasteiger partial charge < -0.3 is 10.1 Å². The topological polar surface area (TPSA) is 71.5 Å². The van der Waals surface area contributed by atoms with Crippen LogP contribution in [0, 0.1) is 5.82 Å². The quantitative estimate of drug-likeness (QED) is 0.389. The van der Waals surface area contributed by atoms with Crippen LogP contribution in [0.3, 0.4) is 0 Å². The molecule has 2 heterocycles. The summed E-state index contributed by atoms with van der Waals surface area (Å²) in [6.07, 6.45) is -0.738. The number of ether oxygens (including phenoxy) is 1. The van der Waals surface area contributed by atoms with Crippen molar-refractivity contribution in [1.29, 1.82) is 0 Å². The van der Waals surface area contributed by atoms with Gasteiger partial charge in [-0.1, -0.05) is 30.3 Å². The lowest BCUT2D eigenvalue weighted by Gasteiger charge is -2.36. The van der Waals surface area contributed by atoms with Gasteiger partial charge in [0.25, 0.3) is 5.91 Å². The summed E-state index contributed by atoms with van der Waals surface area (Å²) < 4.78 is 19.0. The largest absolute Gasteiger partial charge is 0.479 e. The third-order valence-corrected chi connectivity index (χ3v) is 6.70. The van der Waals surface area contributed by atoms with Gasteiger partial charge in [-0.3, -0.25) is 14.5 Å². The summed E-state index contributed by atoms with van der Waals surface area (Å²) in [6, 6.07) is 20.1. The molecule has 0 radical (unpaired) electrons. The highest BCUT2D eigenvalue weighted by Crippen LogP contribution is 2.39. The first-order valence-corrected chi connectivity index (χ1v) is 12.0. The Morgan fingerprint density at radius 1 is 1.09 bits per heavy atom. The fraction of sp³-hybridized carbons (Fsp3) is 0.148. The van der Waals surface area contributed by atoms with Crippen molar-refractivity contribution in [1.82, 2.24) is 4.98 Å². The van der Waals surface area contributed by atoms with Crippen molar-refractivity contribution in [3.05, 3.63) is 84.0 Å². The summed E-state index contributed by atoms with van der Waals surface area (Å²) in [5.41, 5.74) is 3.56. The minimum Gasteiger partial charge on any atom is -0.479 e. The van der Waals surface area contributed by atoms with Crippen LogP contribution in [0.5, 0.6) is 5.75 Å². The molecule has 1 aliphatic heterocycles. The van der Waals surface area contributed by atoms with Crippen LogP contribution in [0.4, 0.5) is 15.8 Å². The van der Waals surface area contributed by atoms with E-state index >= 15 is 0 Å². The maximum atomic E-state index is 13.2. The second kappa shape index (κ2) is 9.31. The number of fused-ring (bicyclic) bond motifs is 1. The van der Waals surface area contributed by atoms with Crippen LogP contribution >= 0.6 is 11.3 Å². The molecule has 1 aliphatic rings. The van der Waals surface area contributed by atoms with Crippen molar-refractivity contribution >= 4 is 34.5 Å². The Balaban J connectivity index is 1.46. The summed E-state index contributed by atoms with van der Waals surface area (Å²) in [5, 5.41) is 5.61. The molecular weight excluding hydrogens is 465 g/mol. The molecular formula is C27H22FN3O3S. The summed E-state index contributed by atoms with van der Waals surface area (Å²) in [6.45, 7) is 3.31. The van der Waals surface area contributed by atoms with Crippen molar-refractivity contribution in [3.8, 4) is 27.6 Å². The van der Waals surface area contributed by atoms with Crippen molar-refractivity contribution in [3.63, 3.8) is 0 Å². The van der Waals surface area contributed by atoms with Crippen LogP contribution in [0.15, 0.2) is 78.2 Å². The van der Waals surface area contributed by atoms with Crippen molar-refractivity contribution in [2.45, 2.75) is 26.0 Å². The number of carbonyl (C=O) groups excluding carboxylic acids is 2. The highest BCUT2D eigenvalue weighted by Gasteiger charge is 2.37. The van der Waals surface area contributed by atoms with Gasteiger partial charge in [-0.25, -0.2) is 9.37 Å². The molecule has 6 nitrogen and oxygen atoms in total. The molecule has 1 N–H and O–H groups in total. The van der Waals surface area contributed by atoms with Crippen LogP contribution < -0.4 is 15.0 Å². The maximum Gasteiger partial charge on any atom is 0.268 e. The summed E-state index contributed by atoms with van der Waals surface area (Å²) in [4.78, 5) is 32.4. The fourth-order valence-corrected chi connectivity index (χ4v) is 4.77. The lowest BCUT2D eigenvalue weighted by atomic mass is 10.1. The van der Waals surface area contributed by atoms with Crippen LogP contribution in [-0.2, 0) is 9.59 Å². The lowest BCUT2D eigenvalue weighted by molar-refractivity contribution is -0.128. The van der Waals surface area contributed by atoms with Gasteiger partial charge in [0.15, 0.2) is 6.10 Å². The molecule has 0 spiro atoms. The summed E-state index contributed by atoms with van der Waals surface area (Å²) in [7, 11) is 0. The van der Waals surface area contributed by atoms with Gasteiger partial charge in [-0.15, -0.1) is 11.3 Å². The first kappa shape index (κ1) is 22.7. The van der Waals surface area contributed by atoms with E-state index in [1.165, 1.54) is 40.5 Å². The second-order valence-corrected chi connectivity index (χ2v) is 9.08. The van der Waals surface area contributed by atoms with Gasteiger partial charge in [0.1, 0.15) is 22.6 Å².